The molecule has 1 aliphatic heterocycles. The highest BCUT2D eigenvalue weighted by molar-refractivity contribution is 7.09. The van der Waals surface area contributed by atoms with Gasteiger partial charge >= 0.3 is 0 Å². The van der Waals surface area contributed by atoms with Crippen molar-refractivity contribution in [3.63, 3.8) is 0 Å². The van der Waals surface area contributed by atoms with E-state index < -0.39 is 0 Å². The molecule has 0 aromatic carbocycles. The Balaban J connectivity index is 2.33. The third-order valence-corrected chi connectivity index (χ3v) is 3.74. The van der Waals surface area contributed by atoms with Crippen molar-refractivity contribution in [1.29, 1.82) is 0 Å². The number of nitrogens with one attached hydrogen (secondary N) is 1. The lowest BCUT2D eigenvalue weighted by Gasteiger charge is -2.23. The summed E-state index contributed by atoms with van der Waals surface area (Å²) in [5.74, 6) is 0.768. The summed E-state index contributed by atoms with van der Waals surface area (Å²) in [6.45, 7) is 5.94. The number of likely N-dealkylation sites (N-methyl/N-ethyl adjacent to an activating group) is 1. The highest BCUT2D eigenvalue weighted by Gasteiger charge is 2.30. The number of allylic oxidation sites excluding steroid dienone is 1. The Morgan fingerprint density at radius 1 is 1.65 bits per heavy atom. The molecule has 0 bridgehead atoms. The van der Waals surface area contributed by atoms with Crippen molar-refractivity contribution in [2.45, 2.75) is 32.2 Å². The summed E-state index contributed by atoms with van der Waals surface area (Å²) in [7, 11) is 1.82. The highest BCUT2D eigenvalue weighted by Crippen LogP contribution is 2.27. The van der Waals surface area contributed by atoms with E-state index in [-0.39, 0.29) is 11.9 Å². The molecule has 1 aliphatic rings. The third kappa shape index (κ3) is 2.40. The second-order valence-electron chi connectivity index (χ2n) is 4.20. The number of hydrogen-bond acceptors (Lipinski definition) is 4. The van der Waals surface area contributed by atoms with E-state index in [1.165, 1.54) is 0 Å². The molecule has 0 aliphatic carbocycles. The van der Waals surface area contributed by atoms with E-state index in [4.69, 9.17) is 0 Å². The first-order valence-electron chi connectivity index (χ1n) is 5.74. The van der Waals surface area contributed by atoms with Gasteiger partial charge < -0.3 is 5.32 Å². The van der Waals surface area contributed by atoms with Gasteiger partial charge in [-0.3, -0.25) is 9.69 Å². The monoisotopic (exact) mass is 251 g/mol. The van der Waals surface area contributed by atoms with Crippen LogP contribution in [-0.2, 0) is 4.79 Å². The van der Waals surface area contributed by atoms with Crippen LogP contribution in [0.2, 0.25) is 0 Å². The number of carbonyl (C=O) groups excluding carboxylic acids is 1. The van der Waals surface area contributed by atoms with Crippen LogP contribution >= 0.6 is 11.3 Å². The Labute approximate surface area is 105 Å². The lowest BCUT2D eigenvalue weighted by molar-refractivity contribution is -0.120. The van der Waals surface area contributed by atoms with Gasteiger partial charge in [-0.25, -0.2) is 4.98 Å². The normalized spacial score (nSPS) is 21.8. The first-order valence-corrected chi connectivity index (χ1v) is 6.62. The molecule has 1 saturated heterocycles. The maximum absolute atomic E-state index is 12.4. The molecular formula is C12H17N3OS. The lowest BCUT2D eigenvalue weighted by Crippen LogP contribution is -2.43. The molecule has 2 heterocycles. The first-order chi connectivity index (χ1) is 8.13. The van der Waals surface area contributed by atoms with Gasteiger partial charge in [0.15, 0.2) is 5.82 Å². The molecule has 1 atom stereocenters. The van der Waals surface area contributed by atoms with E-state index in [0.29, 0.717) is 5.82 Å². The van der Waals surface area contributed by atoms with Gasteiger partial charge in [-0.1, -0.05) is 6.58 Å². The van der Waals surface area contributed by atoms with E-state index in [2.05, 4.69) is 16.9 Å². The van der Waals surface area contributed by atoms with E-state index in [1.54, 1.807) is 16.2 Å². The van der Waals surface area contributed by atoms with Crippen molar-refractivity contribution in [1.82, 2.24) is 10.3 Å². The first kappa shape index (κ1) is 12.3. The van der Waals surface area contributed by atoms with Crippen molar-refractivity contribution in [3.8, 4) is 0 Å². The van der Waals surface area contributed by atoms with Gasteiger partial charge in [-0.05, 0) is 33.2 Å². The quantitative estimate of drug-likeness (QED) is 0.875. The van der Waals surface area contributed by atoms with Crippen LogP contribution in [0.5, 0.6) is 0 Å². The zero-order chi connectivity index (χ0) is 12.4. The second-order valence-corrected chi connectivity index (χ2v) is 5.26. The molecule has 0 spiro atoms. The van der Waals surface area contributed by atoms with E-state index in [0.717, 1.165) is 30.0 Å². The van der Waals surface area contributed by atoms with Crippen LogP contribution in [-0.4, -0.2) is 24.0 Å². The average molecular weight is 251 g/mol. The summed E-state index contributed by atoms with van der Waals surface area (Å²) in [4.78, 5) is 18.4. The number of amides is 1. The predicted molar refractivity (Wildman–Crippen MR) is 70.2 cm³/mol. The number of carbonyl (C=O) groups is 1. The van der Waals surface area contributed by atoms with Crippen molar-refractivity contribution in [3.05, 3.63) is 22.7 Å². The van der Waals surface area contributed by atoms with Crippen LogP contribution in [0.25, 0.3) is 0 Å². The van der Waals surface area contributed by atoms with Gasteiger partial charge in [0.1, 0.15) is 0 Å². The van der Waals surface area contributed by atoms with Crippen LogP contribution in [0.15, 0.2) is 17.7 Å². The van der Waals surface area contributed by atoms with Gasteiger partial charge in [-0.2, -0.15) is 0 Å². The van der Waals surface area contributed by atoms with E-state index in [1.807, 2.05) is 19.4 Å². The minimum atomic E-state index is -0.128. The highest BCUT2D eigenvalue weighted by atomic mass is 32.1. The van der Waals surface area contributed by atoms with Crippen molar-refractivity contribution in [2.75, 3.05) is 11.9 Å². The smallest absolute Gasteiger partial charge is 0.249 e. The molecule has 1 aromatic heterocycles. The van der Waals surface area contributed by atoms with Crippen molar-refractivity contribution >= 4 is 23.1 Å². The Morgan fingerprint density at radius 3 is 3.00 bits per heavy atom. The SMILES string of the molecule is C=C1CCCC(NC)C(=O)N1c1csc(C)n1. The zero-order valence-corrected chi connectivity index (χ0v) is 11.0. The molecule has 4 nitrogen and oxygen atoms in total. The number of hydrogen-bond donors (Lipinski definition) is 1. The molecule has 1 amide bonds. The summed E-state index contributed by atoms with van der Waals surface area (Å²) in [5.41, 5.74) is 0.845. The number of rotatable bonds is 2. The number of aromatic nitrogens is 1. The summed E-state index contributed by atoms with van der Waals surface area (Å²) in [6, 6.07) is -0.128. The predicted octanol–water partition coefficient (Wildman–Crippen LogP) is 2.07. The van der Waals surface area contributed by atoms with Crippen molar-refractivity contribution in [2.24, 2.45) is 0 Å². The number of aryl methyl sites for hydroxylation is 1. The fraction of sp³-hybridized carbons (Fsp3) is 0.500. The van der Waals surface area contributed by atoms with Crippen LogP contribution in [0.4, 0.5) is 5.82 Å². The Kier molecular flexibility index (Phi) is 3.59. The summed E-state index contributed by atoms with van der Waals surface area (Å²) in [6.07, 6.45) is 2.68. The second kappa shape index (κ2) is 4.98. The molecule has 1 unspecified atom stereocenters. The maximum Gasteiger partial charge on any atom is 0.249 e. The van der Waals surface area contributed by atoms with E-state index in [9.17, 15) is 4.79 Å². The molecule has 17 heavy (non-hydrogen) atoms. The lowest BCUT2D eigenvalue weighted by atomic mass is 10.1. The largest absolute Gasteiger partial charge is 0.309 e. The number of thiazole rings is 1. The van der Waals surface area contributed by atoms with Gasteiger partial charge in [0.25, 0.3) is 0 Å². The molecule has 1 aromatic rings. The van der Waals surface area contributed by atoms with Crippen molar-refractivity contribution < 1.29 is 4.79 Å². The zero-order valence-electron chi connectivity index (χ0n) is 10.2. The maximum atomic E-state index is 12.4. The van der Waals surface area contributed by atoms with Gasteiger partial charge in [0.05, 0.1) is 11.0 Å². The molecule has 0 saturated carbocycles. The third-order valence-electron chi connectivity index (χ3n) is 2.98. The Hall–Kier alpha value is -1.20. The summed E-state index contributed by atoms with van der Waals surface area (Å²) in [5, 5.41) is 5.94. The fourth-order valence-electron chi connectivity index (χ4n) is 2.05. The molecule has 5 heteroatoms. The molecule has 1 fully saturated rings. The van der Waals surface area contributed by atoms with Crippen LogP contribution in [0.3, 0.4) is 0 Å². The van der Waals surface area contributed by atoms with Gasteiger partial charge in [0, 0.05) is 11.1 Å². The standard InChI is InChI=1S/C12H17N3OS/c1-8-5-4-6-10(13-3)12(16)15(8)11-7-17-9(2)14-11/h7,10,13H,1,4-6H2,2-3H3. The molecule has 1 N–H and O–H groups in total. The molecule has 92 valence electrons. The summed E-state index contributed by atoms with van der Waals surface area (Å²) < 4.78 is 0. The van der Waals surface area contributed by atoms with E-state index >= 15 is 0 Å². The minimum Gasteiger partial charge on any atom is -0.309 e. The van der Waals surface area contributed by atoms with Crippen LogP contribution in [0, 0.1) is 6.92 Å². The Morgan fingerprint density at radius 2 is 2.41 bits per heavy atom. The van der Waals surface area contributed by atoms with Gasteiger partial charge in [-0.15, -0.1) is 11.3 Å². The molecular weight excluding hydrogens is 234 g/mol. The van der Waals surface area contributed by atoms with Gasteiger partial charge in [0.2, 0.25) is 5.91 Å². The molecule has 2 rings (SSSR count). The number of nitrogens with zero attached hydrogens (tertiary/aromatic N) is 2. The topological polar surface area (TPSA) is 45.2 Å². The number of anilines is 1. The Bertz CT molecular complexity index is 441. The fourth-order valence-corrected chi connectivity index (χ4v) is 2.63. The van der Waals surface area contributed by atoms with Crippen LogP contribution in [0.1, 0.15) is 24.3 Å². The summed E-state index contributed by atoms with van der Waals surface area (Å²) >= 11 is 1.55. The minimum absolute atomic E-state index is 0.0558. The average Bonchev–Trinajstić information content (AvgIpc) is 2.65. The van der Waals surface area contributed by atoms with Crippen LogP contribution < -0.4 is 10.2 Å². The molecule has 0 radical (unpaired) electrons.